The van der Waals surface area contributed by atoms with E-state index in [0.29, 0.717) is 12.4 Å². The third-order valence-corrected chi connectivity index (χ3v) is 3.56. The molecule has 0 aliphatic carbocycles. The number of carboxylic acid groups (broad SMARTS) is 1. The lowest BCUT2D eigenvalue weighted by atomic mass is 10.1. The molecule has 5 heteroatoms. The number of carbonyl (C=O) groups is 1. The van der Waals surface area contributed by atoms with E-state index >= 15 is 0 Å². The molecule has 1 N–H and O–H groups in total. The zero-order valence-corrected chi connectivity index (χ0v) is 13.7. The number of hydrogen-bond acceptors (Lipinski definition) is 4. The van der Waals surface area contributed by atoms with Crippen molar-refractivity contribution in [1.29, 1.82) is 0 Å². The summed E-state index contributed by atoms with van der Waals surface area (Å²) in [5, 5.41) is 9.78. The zero-order chi connectivity index (χ0) is 15.8. The lowest BCUT2D eigenvalue weighted by Crippen LogP contribution is -2.01. The Bertz CT molecular complexity index is 593. The first-order chi connectivity index (χ1) is 10.0. The van der Waals surface area contributed by atoms with Gasteiger partial charge in [0.15, 0.2) is 0 Å². The summed E-state index contributed by atoms with van der Waals surface area (Å²) in [5.41, 5.74) is 1.67. The maximum atomic E-state index is 10.7. The number of rotatable bonds is 5. The van der Waals surface area contributed by atoms with E-state index in [2.05, 4.69) is 4.98 Å². The fourth-order valence-corrected chi connectivity index (χ4v) is 2.60. The SMILES string of the molecule is C.CC.Cc1nc(COc2cccc(CC(=O)O)c2)c(C)s1. The van der Waals surface area contributed by atoms with Crippen molar-refractivity contribution in [3.05, 3.63) is 45.4 Å². The molecule has 4 nitrogen and oxygen atoms in total. The second-order valence-electron chi connectivity index (χ2n) is 4.24. The molecule has 0 aliphatic rings. The molecule has 1 aromatic carbocycles. The zero-order valence-electron chi connectivity index (χ0n) is 12.8. The van der Waals surface area contributed by atoms with Gasteiger partial charge in [0.25, 0.3) is 0 Å². The number of aliphatic carboxylic acids is 1. The highest BCUT2D eigenvalue weighted by Crippen LogP contribution is 2.20. The van der Waals surface area contributed by atoms with Gasteiger partial charge in [-0.25, -0.2) is 4.98 Å². The van der Waals surface area contributed by atoms with Gasteiger partial charge < -0.3 is 9.84 Å². The number of aryl methyl sites for hydroxylation is 2. The average Bonchev–Trinajstić information content (AvgIpc) is 2.77. The molecule has 1 aromatic heterocycles. The molecule has 122 valence electrons. The van der Waals surface area contributed by atoms with Crippen LogP contribution in [0.25, 0.3) is 0 Å². The summed E-state index contributed by atoms with van der Waals surface area (Å²) in [6.07, 6.45) is 0.00599. The van der Waals surface area contributed by atoms with Crippen molar-refractivity contribution < 1.29 is 14.6 Å². The van der Waals surface area contributed by atoms with Gasteiger partial charge in [-0.2, -0.15) is 0 Å². The molecule has 0 atom stereocenters. The molecule has 0 spiro atoms. The summed E-state index contributed by atoms with van der Waals surface area (Å²) < 4.78 is 5.66. The van der Waals surface area contributed by atoms with Crippen LogP contribution in [0, 0.1) is 13.8 Å². The summed E-state index contributed by atoms with van der Waals surface area (Å²) in [6, 6.07) is 7.15. The standard InChI is InChI=1S/C14H15NO3S.C2H6.CH4/c1-9-13(15-10(2)19-9)8-18-12-5-3-4-11(6-12)7-14(16)17;1-2;/h3-6H,7-8H2,1-2H3,(H,16,17);1-2H3;1H4. The molecule has 0 aliphatic heterocycles. The first-order valence-corrected chi connectivity index (χ1v) is 7.72. The van der Waals surface area contributed by atoms with E-state index in [1.807, 2.05) is 33.8 Å². The molecule has 0 bridgehead atoms. The number of ether oxygens (including phenoxy) is 1. The van der Waals surface area contributed by atoms with Gasteiger partial charge in [-0.3, -0.25) is 4.79 Å². The van der Waals surface area contributed by atoms with Crippen molar-refractivity contribution in [1.82, 2.24) is 4.98 Å². The highest BCUT2D eigenvalue weighted by atomic mass is 32.1. The minimum absolute atomic E-state index is 0. The van der Waals surface area contributed by atoms with E-state index in [-0.39, 0.29) is 13.8 Å². The van der Waals surface area contributed by atoms with Crippen molar-refractivity contribution in [2.45, 2.75) is 48.1 Å². The Morgan fingerprint density at radius 3 is 2.55 bits per heavy atom. The highest BCUT2D eigenvalue weighted by Gasteiger charge is 2.06. The Balaban J connectivity index is 0.00000141. The number of thiazole rings is 1. The van der Waals surface area contributed by atoms with E-state index < -0.39 is 5.97 Å². The van der Waals surface area contributed by atoms with Crippen LogP contribution in [0.15, 0.2) is 24.3 Å². The Morgan fingerprint density at radius 2 is 2.00 bits per heavy atom. The van der Waals surface area contributed by atoms with E-state index in [1.165, 1.54) is 0 Å². The maximum Gasteiger partial charge on any atom is 0.307 e. The fourth-order valence-electron chi connectivity index (χ4n) is 1.78. The molecule has 0 saturated carbocycles. The molecule has 0 fully saturated rings. The summed E-state index contributed by atoms with van der Waals surface area (Å²) in [6.45, 7) is 8.39. The van der Waals surface area contributed by atoms with Crippen LogP contribution >= 0.6 is 11.3 Å². The van der Waals surface area contributed by atoms with Crippen LogP contribution < -0.4 is 4.74 Å². The number of benzene rings is 1. The Hall–Kier alpha value is -1.88. The highest BCUT2D eigenvalue weighted by molar-refractivity contribution is 7.11. The fraction of sp³-hybridized carbons (Fsp3) is 0.412. The minimum Gasteiger partial charge on any atom is -0.487 e. The van der Waals surface area contributed by atoms with Gasteiger partial charge in [-0.05, 0) is 31.5 Å². The molecule has 2 aromatic rings. The van der Waals surface area contributed by atoms with Gasteiger partial charge in [-0.15, -0.1) is 11.3 Å². The van der Waals surface area contributed by atoms with E-state index in [0.717, 1.165) is 21.1 Å². The predicted molar refractivity (Wildman–Crippen MR) is 91.8 cm³/mol. The van der Waals surface area contributed by atoms with E-state index in [9.17, 15) is 4.79 Å². The Labute approximate surface area is 136 Å². The second-order valence-corrected chi connectivity index (χ2v) is 5.65. The lowest BCUT2D eigenvalue weighted by molar-refractivity contribution is -0.136. The third-order valence-electron chi connectivity index (χ3n) is 2.63. The van der Waals surface area contributed by atoms with Crippen molar-refractivity contribution in [2.24, 2.45) is 0 Å². The maximum absolute atomic E-state index is 10.7. The first kappa shape index (κ1) is 20.1. The summed E-state index contributed by atoms with van der Waals surface area (Å²) in [4.78, 5) is 16.2. The molecule has 0 saturated heterocycles. The average molecular weight is 323 g/mol. The van der Waals surface area contributed by atoms with Gasteiger partial charge in [0, 0.05) is 4.88 Å². The number of hydrogen-bond donors (Lipinski definition) is 1. The van der Waals surface area contributed by atoms with Gasteiger partial charge in [0.2, 0.25) is 0 Å². The molecular formula is C17H25NO3S. The molecule has 22 heavy (non-hydrogen) atoms. The Morgan fingerprint density at radius 1 is 1.32 bits per heavy atom. The third kappa shape index (κ3) is 6.26. The van der Waals surface area contributed by atoms with Crippen LogP contribution in [0.3, 0.4) is 0 Å². The van der Waals surface area contributed by atoms with Crippen LogP contribution in [-0.4, -0.2) is 16.1 Å². The molecule has 1 heterocycles. The van der Waals surface area contributed by atoms with Gasteiger partial charge in [0.05, 0.1) is 17.1 Å². The monoisotopic (exact) mass is 323 g/mol. The predicted octanol–water partition coefficient (Wildman–Crippen LogP) is 4.63. The smallest absolute Gasteiger partial charge is 0.307 e. The Kier molecular flexibility index (Phi) is 9.10. The van der Waals surface area contributed by atoms with Crippen molar-refractivity contribution in [3.63, 3.8) is 0 Å². The van der Waals surface area contributed by atoms with Gasteiger partial charge in [0.1, 0.15) is 12.4 Å². The first-order valence-electron chi connectivity index (χ1n) is 6.91. The number of nitrogens with zero attached hydrogens (tertiary/aromatic N) is 1. The van der Waals surface area contributed by atoms with Crippen LogP contribution in [-0.2, 0) is 17.8 Å². The minimum atomic E-state index is -0.844. The lowest BCUT2D eigenvalue weighted by Gasteiger charge is -2.06. The van der Waals surface area contributed by atoms with Crippen LogP contribution in [0.5, 0.6) is 5.75 Å². The summed E-state index contributed by atoms with van der Waals surface area (Å²) in [7, 11) is 0. The van der Waals surface area contributed by atoms with E-state index in [4.69, 9.17) is 9.84 Å². The largest absolute Gasteiger partial charge is 0.487 e. The van der Waals surface area contributed by atoms with Crippen LogP contribution in [0.2, 0.25) is 0 Å². The van der Waals surface area contributed by atoms with Crippen LogP contribution in [0.4, 0.5) is 0 Å². The van der Waals surface area contributed by atoms with Crippen molar-refractivity contribution >= 4 is 17.3 Å². The molecular weight excluding hydrogens is 298 g/mol. The summed E-state index contributed by atoms with van der Waals surface area (Å²) in [5.74, 6) is -0.174. The molecule has 2 rings (SSSR count). The quantitative estimate of drug-likeness (QED) is 0.871. The van der Waals surface area contributed by atoms with Gasteiger partial charge >= 0.3 is 5.97 Å². The summed E-state index contributed by atoms with van der Waals surface area (Å²) >= 11 is 1.65. The van der Waals surface area contributed by atoms with E-state index in [1.54, 1.807) is 29.5 Å². The van der Waals surface area contributed by atoms with Gasteiger partial charge in [-0.1, -0.05) is 33.4 Å². The van der Waals surface area contributed by atoms with Crippen molar-refractivity contribution in [2.75, 3.05) is 0 Å². The number of carboxylic acids is 1. The number of aromatic nitrogens is 1. The molecule has 0 radical (unpaired) electrons. The topological polar surface area (TPSA) is 59.4 Å². The normalized spacial score (nSPS) is 9.27. The molecule has 0 amide bonds. The van der Waals surface area contributed by atoms with Crippen LogP contribution in [0.1, 0.15) is 42.4 Å². The molecule has 0 unspecified atom stereocenters. The van der Waals surface area contributed by atoms with Crippen molar-refractivity contribution in [3.8, 4) is 5.75 Å². The second kappa shape index (κ2) is 9.95.